The second kappa shape index (κ2) is 3.52. The van der Waals surface area contributed by atoms with E-state index in [-0.39, 0.29) is 28.0 Å². The van der Waals surface area contributed by atoms with Crippen molar-refractivity contribution in [3.63, 3.8) is 0 Å². The third-order valence-corrected chi connectivity index (χ3v) is 3.40. The summed E-state index contributed by atoms with van der Waals surface area (Å²) in [4.78, 5) is 33.0. The van der Waals surface area contributed by atoms with Crippen LogP contribution in [0.4, 0.5) is 5.69 Å². The first-order valence-corrected chi connectivity index (χ1v) is 6.34. The Kier molecular flexibility index (Phi) is 2.18. The maximum Gasteiger partial charge on any atom is 0.297 e. The van der Waals surface area contributed by atoms with Gasteiger partial charge in [0.15, 0.2) is 11.5 Å². The van der Waals surface area contributed by atoms with Gasteiger partial charge in [-0.15, -0.1) is 0 Å². The molecule has 3 rings (SSSR count). The van der Waals surface area contributed by atoms with Crippen molar-refractivity contribution in [3.05, 3.63) is 40.4 Å². The molecule has 0 amide bonds. The zero-order chi connectivity index (χ0) is 12.9. The predicted molar refractivity (Wildman–Crippen MR) is 58.8 cm³/mol. The molecule has 0 saturated carbocycles. The molecule has 0 saturated heterocycles. The van der Waals surface area contributed by atoms with Gasteiger partial charge in [-0.25, -0.2) is 0 Å². The van der Waals surface area contributed by atoms with E-state index in [1.54, 1.807) is 0 Å². The average Bonchev–Trinajstić information content (AvgIpc) is 2.27. The lowest BCUT2D eigenvalue weighted by atomic mass is 10.1. The lowest BCUT2D eigenvalue weighted by Gasteiger charge is -2.34. The molecule has 92 valence electrons. The number of hydrogen-bond acceptors (Lipinski definition) is 6. The van der Waals surface area contributed by atoms with Gasteiger partial charge in [-0.1, -0.05) is 6.07 Å². The summed E-state index contributed by atoms with van der Waals surface area (Å²) < 4.78 is 9.36. The lowest BCUT2D eigenvalue weighted by molar-refractivity contribution is -0.383. The van der Waals surface area contributed by atoms with E-state index >= 15 is 0 Å². The summed E-state index contributed by atoms with van der Waals surface area (Å²) in [6.07, 6.45) is 0. The second-order valence-electron chi connectivity index (χ2n) is 3.65. The predicted octanol–water partition coefficient (Wildman–Crippen LogP) is 0.917. The van der Waals surface area contributed by atoms with Crippen LogP contribution in [0.15, 0.2) is 30.3 Å². The molecule has 0 atom stereocenters. The number of nitro groups is 1. The third-order valence-electron chi connectivity index (χ3n) is 2.56. The molecule has 0 fully saturated rings. The number of nitrogens with zero attached hydrogens (tertiary/aromatic N) is 1. The minimum Gasteiger partial charge on any atom is -0.620 e. The van der Waals surface area contributed by atoms with Crippen molar-refractivity contribution in [3.8, 4) is 11.5 Å². The molecular weight excluding hydrogens is 261 g/mol. The molecular formula is C10H5NO6P-. The maximum absolute atomic E-state index is 11.3. The normalized spacial score (nSPS) is 15.9. The van der Waals surface area contributed by atoms with E-state index in [2.05, 4.69) is 9.05 Å². The SMILES string of the molecule is O=[N+]([O-])c1ccc2c3c(cccc13)O[P+]([O-])([O-])O2. The molecule has 2 aromatic carbocycles. The fourth-order valence-electron chi connectivity index (χ4n) is 1.90. The van der Waals surface area contributed by atoms with Crippen molar-refractivity contribution in [1.82, 2.24) is 0 Å². The van der Waals surface area contributed by atoms with Crippen LogP contribution < -0.4 is 18.8 Å². The number of nitro benzene ring substituents is 1. The molecule has 0 aromatic heterocycles. The van der Waals surface area contributed by atoms with Gasteiger partial charge in [-0.05, 0) is 18.2 Å². The summed E-state index contributed by atoms with van der Waals surface area (Å²) in [5, 5.41) is 11.4. The minimum atomic E-state index is -4.44. The van der Waals surface area contributed by atoms with Gasteiger partial charge in [0.1, 0.15) is 0 Å². The molecule has 0 radical (unpaired) electrons. The van der Waals surface area contributed by atoms with Gasteiger partial charge >= 0.3 is 0 Å². The fraction of sp³-hybridized carbons (Fsp3) is 0. The van der Waals surface area contributed by atoms with E-state index in [1.807, 2.05) is 0 Å². The Bertz CT molecular complexity index is 656. The Labute approximate surface area is 101 Å². The molecule has 0 bridgehead atoms. The smallest absolute Gasteiger partial charge is 0.297 e. The minimum absolute atomic E-state index is 0.0378. The zero-order valence-corrected chi connectivity index (χ0v) is 9.63. The van der Waals surface area contributed by atoms with Crippen LogP contribution in [0.5, 0.6) is 11.5 Å². The van der Waals surface area contributed by atoms with Crippen molar-refractivity contribution < 1.29 is 23.8 Å². The standard InChI is InChI=1S/C10H6NO6P/c12-11(13)7-4-5-9-10-6(7)2-1-3-8(10)16-18(14,15)17-9/h1-5H,(H,14,15)/p-1. The number of benzene rings is 2. The Balaban J connectivity index is 2.37. The molecule has 7 nitrogen and oxygen atoms in total. The van der Waals surface area contributed by atoms with E-state index in [4.69, 9.17) is 0 Å². The van der Waals surface area contributed by atoms with Gasteiger partial charge in [0.2, 0.25) is 0 Å². The first-order chi connectivity index (χ1) is 8.48. The topological polar surface area (TPSA) is 108 Å². The molecule has 0 spiro atoms. The molecule has 1 aliphatic rings. The van der Waals surface area contributed by atoms with Crippen LogP contribution in [0.25, 0.3) is 10.8 Å². The van der Waals surface area contributed by atoms with E-state index < -0.39 is 13.1 Å². The fourth-order valence-corrected chi connectivity index (χ4v) is 2.72. The summed E-state index contributed by atoms with van der Waals surface area (Å²) >= 11 is 0. The van der Waals surface area contributed by atoms with E-state index in [0.717, 1.165) is 0 Å². The first-order valence-electron chi connectivity index (χ1n) is 4.88. The molecule has 1 heterocycles. The molecule has 0 N–H and O–H groups in total. The van der Waals surface area contributed by atoms with Gasteiger partial charge < -0.3 is 18.8 Å². The molecule has 8 heteroatoms. The summed E-state index contributed by atoms with van der Waals surface area (Å²) in [7, 11) is -4.44. The third kappa shape index (κ3) is 1.57. The van der Waals surface area contributed by atoms with Gasteiger partial charge in [0, 0.05) is 6.07 Å². The summed E-state index contributed by atoms with van der Waals surface area (Å²) in [5.74, 6) is 0.0755. The van der Waals surface area contributed by atoms with Crippen LogP contribution in [0.1, 0.15) is 0 Å². The van der Waals surface area contributed by atoms with E-state index in [1.165, 1.54) is 30.3 Å². The highest BCUT2D eigenvalue weighted by atomic mass is 31.2. The van der Waals surface area contributed by atoms with Gasteiger partial charge in [-0.2, -0.15) is 0 Å². The van der Waals surface area contributed by atoms with Crippen LogP contribution in [0.3, 0.4) is 0 Å². The summed E-state index contributed by atoms with van der Waals surface area (Å²) in [6.45, 7) is 0. The lowest BCUT2D eigenvalue weighted by Crippen LogP contribution is -2.33. The quantitative estimate of drug-likeness (QED) is 0.431. The van der Waals surface area contributed by atoms with Crippen molar-refractivity contribution in [1.29, 1.82) is 0 Å². The monoisotopic (exact) mass is 266 g/mol. The maximum atomic E-state index is 11.3. The average molecular weight is 266 g/mol. The molecule has 1 aliphatic heterocycles. The van der Waals surface area contributed by atoms with Crippen LogP contribution in [0.2, 0.25) is 0 Å². The molecule has 2 aromatic rings. The van der Waals surface area contributed by atoms with Gasteiger partial charge in [-0.3, -0.25) is 10.1 Å². The van der Waals surface area contributed by atoms with Gasteiger partial charge in [0.05, 0.1) is 15.7 Å². The first kappa shape index (κ1) is 11.2. The van der Waals surface area contributed by atoms with Crippen molar-refractivity contribution >= 4 is 24.6 Å². The van der Waals surface area contributed by atoms with Crippen molar-refractivity contribution in [2.24, 2.45) is 0 Å². The summed E-state index contributed by atoms with van der Waals surface area (Å²) in [6, 6.07) is 6.86. The second-order valence-corrected chi connectivity index (χ2v) is 4.91. The van der Waals surface area contributed by atoms with Crippen LogP contribution in [0, 0.1) is 10.1 Å². The Hall–Kier alpha value is -1.95. The van der Waals surface area contributed by atoms with Gasteiger partial charge in [0.25, 0.3) is 13.9 Å². The molecule has 18 heavy (non-hydrogen) atoms. The Morgan fingerprint density at radius 2 is 1.72 bits per heavy atom. The van der Waals surface area contributed by atoms with Crippen molar-refractivity contribution in [2.75, 3.05) is 0 Å². The molecule has 0 aliphatic carbocycles. The van der Waals surface area contributed by atoms with Crippen LogP contribution >= 0.6 is 8.17 Å². The highest BCUT2D eigenvalue weighted by molar-refractivity contribution is 7.52. The summed E-state index contributed by atoms with van der Waals surface area (Å²) in [5.41, 5.74) is -0.134. The van der Waals surface area contributed by atoms with Crippen molar-refractivity contribution in [2.45, 2.75) is 0 Å². The Morgan fingerprint density at radius 3 is 2.39 bits per heavy atom. The number of hydrogen-bond donors (Lipinski definition) is 0. The molecule has 0 unspecified atom stereocenters. The number of phosphoric acid groups is 1. The van der Waals surface area contributed by atoms with Crippen LogP contribution in [-0.4, -0.2) is 4.92 Å². The van der Waals surface area contributed by atoms with Crippen LogP contribution in [-0.2, 0) is 0 Å². The number of rotatable bonds is 1. The number of phosphoric ester groups is 1. The van der Waals surface area contributed by atoms with E-state index in [9.17, 15) is 19.9 Å². The largest absolute Gasteiger partial charge is 0.620 e. The van der Waals surface area contributed by atoms with E-state index in [0.29, 0.717) is 0 Å². The highest BCUT2D eigenvalue weighted by Gasteiger charge is 2.31. The number of non-ortho nitro benzene ring substituents is 1. The highest BCUT2D eigenvalue weighted by Crippen LogP contribution is 2.54. The zero-order valence-electron chi connectivity index (χ0n) is 8.73. The Morgan fingerprint density at radius 1 is 1.06 bits per heavy atom.